The Labute approximate surface area is 232 Å². The van der Waals surface area contributed by atoms with E-state index in [0.29, 0.717) is 30.9 Å². The van der Waals surface area contributed by atoms with Crippen molar-refractivity contribution in [3.05, 3.63) is 91.3 Å². The lowest BCUT2D eigenvalue weighted by atomic mass is 10.1. The second-order valence-electron chi connectivity index (χ2n) is 8.16. The van der Waals surface area contributed by atoms with Gasteiger partial charge in [0.2, 0.25) is 0 Å². The van der Waals surface area contributed by atoms with Crippen LogP contribution in [0.1, 0.15) is 11.1 Å². The van der Waals surface area contributed by atoms with Crippen LogP contribution in [0.5, 0.6) is 11.5 Å². The largest absolute Gasteiger partial charge is 0.493 e. The molecule has 0 atom stereocenters. The van der Waals surface area contributed by atoms with Gasteiger partial charge in [0.15, 0.2) is 15.8 Å². The molecule has 1 saturated heterocycles. The number of carbonyl (C=O) groups excluding carboxylic acids is 1. The number of ether oxygens (including phenoxy) is 2. The van der Waals surface area contributed by atoms with Crippen molar-refractivity contribution in [2.45, 2.75) is 6.61 Å². The van der Waals surface area contributed by atoms with Gasteiger partial charge in [-0.05, 0) is 65.7 Å². The monoisotopic (exact) mass is 599 g/mol. The number of benzene rings is 3. The third-order valence-electron chi connectivity index (χ3n) is 5.53. The van der Waals surface area contributed by atoms with Gasteiger partial charge in [0.1, 0.15) is 6.61 Å². The fraction of sp³-hybridized carbons (Fsp3) is 0.154. The number of methoxy groups -OCH3 is 1. The van der Waals surface area contributed by atoms with E-state index < -0.39 is 4.92 Å². The van der Waals surface area contributed by atoms with Crippen molar-refractivity contribution >= 4 is 73.3 Å². The summed E-state index contributed by atoms with van der Waals surface area (Å²) in [5.74, 6) is 0.765. The molecule has 1 heterocycles. The fourth-order valence-corrected chi connectivity index (χ4v) is 5.27. The second kappa shape index (κ2) is 11.3. The number of rotatable bonds is 8. The zero-order valence-corrected chi connectivity index (χ0v) is 23.4. The number of thiocarbonyl (C=S) groups is 1. The molecule has 1 aliphatic heterocycles. The van der Waals surface area contributed by atoms with Crippen LogP contribution in [0.4, 0.5) is 17.1 Å². The first-order valence-corrected chi connectivity index (χ1v) is 13.0. The van der Waals surface area contributed by atoms with Gasteiger partial charge in [-0.25, -0.2) is 0 Å². The van der Waals surface area contributed by atoms with Crippen LogP contribution in [0.2, 0.25) is 0 Å². The average molecular weight is 601 g/mol. The molecule has 0 radical (unpaired) electrons. The topological polar surface area (TPSA) is 85.2 Å². The van der Waals surface area contributed by atoms with Gasteiger partial charge in [-0.15, -0.1) is 0 Å². The quantitative estimate of drug-likeness (QED) is 0.127. The van der Waals surface area contributed by atoms with Crippen molar-refractivity contribution in [2.75, 3.05) is 31.0 Å². The standard InChI is InChI=1S/C26H22BrN3O5S2/c1-28(2)18-8-10-19(11-9-18)29-25(31)24(37-26(29)36)13-17-12-22(34-3)23(14-21(17)27)35-15-16-4-6-20(7-5-16)30(32)33/h4-14H,15H2,1-3H3/b24-13+. The van der Waals surface area contributed by atoms with Crippen LogP contribution >= 0.6 is 39.9 Å². The van der Waals surface area contributed by atoms with E-state index in [9.17, 15) is 14.9 Å². The van der Waals surface area contributed by atoms with Gasteiger partial charge in [0, 0.05) is 36.4 Å². The summed E-state index contributed by atoms with van der Waals surface area (Å²) in [6, 6.07) is 17.3. The number of nitrogens with zero attached hydrogens (tertiary/aromatic N) is 3. The van der Waals surface area contributed by atoms with Crippen LogP contribution < -0.4 is 19.3 Å². The van der Waals surface area contributed by atoms with Crippen molar-refractivity contribution in [1.82, 2.24) is 0 Å². The second-order valence-corrected chi connectivity index (χ2v) is 10.7. The van der Waals surface area contributed by atoms with E-state index in [2.05, 4.69) is 15.9 Å². The fourth-order valence-electron chi connectivity index (χ4n) is 3.54. The van der Waals surface area contributed by atoms with Crippen LogP contribution in [0, 0.1) is 10.1 Å². The first-order chi connectivity index (χ1) is 17.7. The third kappa shape index (κ3) is 5.95. The number of hydrogen-bond acceptors (Lipinski definition) is 8. The molecule has 0 saturated carbocycles. The third-order valence-corrected chi connectivity index (χ3v) is 7.52. The van der Waals surface area contributed by atoms with E-state index in [1.807, 2.05) is 43.3 Å². The van der Waals surface area contributed by atoms with Crippen LogP contribution in [0.15, 0.2) is 70.0 Å². The number of halogens is 1. The number of non-ortho nitro benzene ring substituents is 1. The van der Waals surface area contributed by atoms with Crippen molar-refractivity contribution in [2.24, 2.45) is 0 Å². The van der Waals surface area contributed by atoms with Crippen LogP contribution in [-0.2, 0) is 11.4 Å². The molecule has 0 N–H and O–H groups in total. The summed E-state index contributed by atoms with van der Waals surface area (Å²) in [4.78, 5) is 27.6. The van der Waals surface area contributed by atoms with E-state index >= 15 is 0 Å². The Balaban J connectivity index is 1.53. The maximum Gasteiger partial charge on any atom is 0.270 e. The molecule has 11 heteroatoms. The molecule has 190 valence electrons. The molecule has 8 nitrogen and oxygen atoms in total. The van der Waals surface area contributed by atoms with Gasteiger partial charge < -0.3 is 14.4 Å². The lowest BCUT2D eigenvalue weighted by Gasteiger charge is -2.17. The Morgan fingerprint density at radius 3 is 2.38 bits per heavy atom. The molecule has 0 spiro atoms. The summed E-state index contributed by atoms with van der Waals surface area (Å²) in [5, 5.41) is 10.8. The lowest BCUT2D eigenvalue weighted by Crippen LogP contribution is -2.27. The van der Waals surface area contributed by atoms with Crippen molar-refractivity contribution in [3.8, 4) is 11.5 Å². The Morgan fingerprint density at radius 1 is 1.11 bits per heavy atom. The SMILES string of the molecule is COc1cc(/C=C2/SC(=S)N(c3ccc(N(C)C)cc3)C2=O)c(Br)cc1OCc1ccc([N+](=O)[O-])cc1. The maximum atomic E-state index is 13.2. The molecule has 0 bridgehead atoms. The van der Waals surface area contributed by atoms with Crippen molar-refractivity contribution in [3.63, 3.8) is 0 Å². The van der Waals surface area contributed by atoms with Crippen LogP contribution in [0.3, 0.4) is 0 Å². The molecule has 1 amide bonds. The predicted molar refractivity (Wildman–Crippen MR) is 155 cm³/mol. The molecule has 1 aliphatic rings. The molecule has 0 unspecified atom stereocenters. The summed E-state index contributed by atoms with van der Waals surface area (Å²) in [5.41, 5.74) is 3.25. The number of hydrogen-bond donors (Lipinski definition) is 0. The van der Waals surface area contributed by atoms with E-state index in [4.69, 9.17) is 21.7 Å². The highest BCUT2D eigenvalue weighted by Crippen LogP contribution is 2.40. The number of amides is 1. The van der Waals surface area contributed by atoms with E-state index in [0.717, 1.165) is 16.8 Å². The summed E-state index contributed by atoms with van der Waals surface area (Å²) in [6.45, 7) is 0.200. The molecular weight excluding hydrogens is 578 g/mol. The maximum absolute atomic E-state index is 13.2. The number of thioether (sulfide) groups is 1. The first-order valence-electron chi connectivity index (χ1n) is 11.0. The predicted octanol–water partition coefficient (Wildman–Crippen LogP) is 6.42. The molecule has 3 aromatic rings. The zero-order chi connectivity index (χ0) is 26.7. The summed E-state index contributed by atoms with van der Waals surface area (Å²) in [6.07, 6.45) is 1.76. The van der Waals surface area contributed by atoms with E-state index in [-0.39, 0.29) is 18.2 Å². The normalized spacial score (nSPS) is 14.3. The zero-order valence-electron chi connectivity index (χ0n) is 20.1. The molecule has 3 aromatic carbocycles. The Hall–Kier alpha value is -3.41. The van der Waals surface area contributed by atoms with Crippen LogP contribution in [-0.4, -0.2) is 36.4 Å². The Morgan fingerprint density at radius 2 is 1.78 bits per heavy atom. The number of nitro benzene ring substituents is 1. The van der Waals surface area contributed by atoms with Gasteiger partial charge >= 0.3 is 0 Å². The Kier molecular flexibility index (Phi) is 8.16. The van der Waals surface area contributed by atoms with Gasteiger partial charge in [0.05, 0.1) is 22.6 Å². The van der Waals surface area contributed by atoms with Crippen molar-refractivity contribution in [1.29, 1.82) is 0 Å². The molecule has 1 fully saturated rings. The first kappa shape index (κ1) is 26.6. The highest BCUT2D eigenvalue weighted by Gasteiger charge is 2.33. The number of carbonyl (C=O) groups is 1. The number of nitro groups is 1. The summed E-state index contributed by atoms with van der Waals surface area (Å²) >= 11 is 10.3. The Bertz CT molecular complexity index is 1390. The highest BCUT2D eigenvalue weighted by atomic mass is 79.9. The summed E-state index contributed by atoms with van der Waals surface area (Å²) < 4.78 is 12.6. The molecule has 37 heavy (non-hydrogen) atoms. The molecular formula is C26H22BrN3O5S2. The van der Waals surface area contributed by atoms with Gasteiger partial charge in [-0.2, -0.15) is 0 Å². The van der Waals surface area contributed by atoms with E-state index in [1.54, 1.807) is 30.3 Å². The van der Waals surface area contributed by atoms with Crippen molar-refractivity contribution < 1.29 is 19.2 Å². The van der Waals surface area contributed by atoms with Crippen LogP contribution in [0.25, 0.3) is 6.08 Å². The minimum Gasteiger partial charge on any atom is -0.493 e. The summed E-state index contributed by atoms with van der Waals surface area (Å²) in [7, 11) is 5.44. The van der Waals surface area contributed by atoms with E-state index in [1.165, 1.54) is 35.9 Å². The smallest absolute Gasteiger partial charge is 0.270 e. The van der Waals surface area contributed by atoms with Gasteiger partial charge in [-0.1, -0.05) is 39.9 Å². The minimum absolute atomic E-state index is 0.0180. The number of anilines is 2. The lowest BCUT2D eigenvalue weighted by molar-refractivity contribution is -0.384. The minimum atomic E-state index is -0.446. The van der Waals surface area contributed by atoms with Gasteiger partial charge in [0.25, 0.3) is 11.6 Å². The highest BCUT2D eigenvalue weighted by molar-refractivity contribution is 9.10. The molecule has 0 aliphatic carbocycles. The molecule has 4 rings (SSSR count). The average Bonchev–Trinajstić information content (AvgIpc) is 3.16. The van der Waals surface area contributed by atoms with Gasteiger partial charge in [-0.3, -0.25) is 19.8 Å². The molecule has 0 aromatic heterocycles.